The van der Waals surface area contributed by atoms with Gasteiger partial charge in [0.25, 0.3) is 11.6 Å². The lowest BCUT2D eigenvalue weighted by Crippen LogP contribution is -2.74. The Hall–Kier alpha value is -2.20. The third-order valence-electron chi connectivity index (χ3n) is 3.94. The highest BCUT2D eigenvalue weighted by Crippen LogP contribution is 2.60. The highest BCUT2D eigenvalue weighted by molar-refractivity contribution is 5.98. The normalized spacial score (nSPS) is 16.3. The Morgan fingerprint density at radius 3 is 0.556 bits per heavy atom. The fraction of sp³-hybridized carbons (Fsp3) is 0.833. The van der Waals surface area contributed by atoms with E-state index in [-0.39, 0.29) is 0 Å². The van der Waals surface area contributed by atoms with Crippen LogP contribution in [-0.4, -0.2) is 71.3 Å². The molecule has 0 aliphatic heterocycles. The molecule has 0 aromatic carbocycles. The fourth-order valence-electron chi connectivity index (χ4n) is 1.95. The van der Waals surface area contributed by atoms with Gasteiger partial charge in [0.05, 0.1) is 0 Å². The van der Waals surface area contributed by atoms with Gasteiger partial charge in [-0.25, -0.2) is 8.78 Å². The molecule has 0 fully saturated rings. The number of hydrogen-bond donors (Lipinski definition) is 0. The molecular weight excluding hydrogens is 594 g/mol. The third kappa shape index (κ3) is 4.20. The molecule has 0 rings (SSSR count). The minimum absolute atomic E-state index is 6.07. The van der Waals surface area contributed by atoms with Gasteiger partial charge in [0.2, 0.25) is 0 Å². The van der Waals surface area contributed by atoms with Crippen molar-refractivity contribution in [2.45, 2.75) is 59.7 Å². The molecule has 0 amide bonds. The minimum atomic E-state index is -9.04. The van der Waals surface area contributed by atoms with Crippen LogP contribution >= 0.6 is 0 Å². The molecule has 0 spiro atoms. The molecule has 2 nitrogen and oxygen atoms in total. The largest absolute Gasteiger partial charge is 0.439 e. The average Bonchev–Trinajstić information content (AvgIpc) is 2.60. The first kappa shape index (κ1) is 33.8. The average molecular weight is 594 g/mol. The van der Waals surface area contributed by atoms with Crippen molar-refractivity contribution >= 4 is 11.6 Å². The molecule has 0 aliphatic rings. The Labute approximate surface area is 179 Å². The zero-order valence-electron chi connectivity index (χ0n) is 15.1. The van der Waals surface area contributed by atoms with Gasteiger partial charge in [0.1, 0.15) is 0 Å². The predicted molar refractivity (Wildman–Crippen MR) is 61.7 cm³/mol. The number of hydrogen-bond acceptors (Lipinski definition) is 2. The topological polar surface area (TPSA) is 34.1 Å². The van der Waals surface area contributed by atoms with E-state index in [1.165, 1.54) is 0 Å². The molecular formula is C12F22O2. The summed E-state index contributed by atoms with van der Waals surface area (Å²) in [6, 6.07) is 0. The van der Waals surface area contributed by atoms with E-state index in [1.807, 2.05) is 0 Å². The zero-order chi connectivity index (χ0) is 30.2. The van der Waals surface area contributed by atoms with E-state index in [9.17, 15) is 106 Å². The first-order valence-corrected chi connectivity index (χ1v) is 7.32. The summed E-state index contributed by atoms with van der Waals surface area (Å²) in [4.78, 5) is 21.5. The smallest absolute Gasteiger partial charge is 0.288 e. The number of ketones is 2. The standard InChI is InChI=1S/C12F22O2/c13-3(9(23,24)25,10(26,27)28)1(35)5(15,16)7(19,20)8(21,22)6(17,18)2(36)4(14,11(29,30)31)12(32,33)34. The van der Waals surface area contributed by atoms with E-state index < -0.39 is 71.3 Å². The van der Waals surface area contributed by atoms with Gasteiger partial charge in [0.15, 0.2) is 0 Å². The first-order chi connectivity index (χ1) is 15.1. The summed E-state index contributed by atoms with van der Waals surface area (Å²) < 4.78 is 281. The van der Waals surface area contributed by atoms with E-state index in [2.05, 4.69) is 0 Å². The number of carbonyl (C=O) groups excluding carboxylic acids is 2. The molecule has 0 atom stereocenters. The summed E-state index contributed by atoms with van der Waals surface area (Å²) in [5.41, 5.74) is -16.6. The second-order valence-corrected chi connectivity index (χ2v) is 6.26. The molecule has 0 saturated carbocycles. The third-order valence-corrected chi connectivity index (χ3v) is 3.94. The van der Waals surface area contributed by atoms with Gasteiger partial charge in [0, 0.05) is 0 Å². The summed E-state index contributed by atoms with van der Waals surface area (Å²) in [5, 5.41) is 0. The second-order valence-electron chi connectivity index (χ2n) is 6.26. The van der Waals surface area contributed by atoms with Crippen molar-refractivity contribution in [3.8, 4) is 0 Å². The van der Waals surface area contributed by atoms with Crippen molar-refractivity contribution in [2.24, 2.45) is 0 Å². The lowest BCUT2D eigenvalue weighted by molar-refractivity contribution is -0.373. The number of carbonyl (C=O) groups is 2. The molecule has 0 heterocycles. The molecule has 0 saturated heterocycles. The molecule has 214 valence electrons. The monoisotopic (exact) mass is 594 g/mol. The second kappa shape index (κ2) is 8.15. The van der Waals surface area contributed by atoms with Crippen molar-refractivity contribution in [2.75, 3.05) is 0 Å². The van der Waals surface area contributed by atoms with Crippen LogP contribution in [0.3, 0.4) is 0 Å². The molecule has 24 heteroatoms. The minimum Gasteiger partial charge on any atom is -0.288 e. The fourth-order valence-corrected chi connectivity index (χ4v) is 1.95. The Balaban J connectivity index is 7.22. The summed E-state index contributed by atoms with van der Waals surface area (Å²) in [6.07, 6.45) is -32.5. The lowest BCUT2D eigenvalue weighted by atomic mass is 9.83. The van der Waals surface area contributed by atoms with Crippen LogP contribution in [0.2, 0.25) is 0 Å². The maximum absolute atomic E-state index is 13.4. The van der Waals surface area contributed by atoms with E-state index in [0.29, 0.717) is 0 Å². The predicted octanol–water partition coefficient (Wildman–Crippen LogP) is 6.33. The van der Waals surface area contributed by atoms with Crippen molar-refractivity contribution in [3.05, 3.63) is 0 Å². The maximum Gasteiger partial charge on any atom is 0.439 e. The molecule has 0 aromatic rings. The quantitative estimate of drug-likeness (QED) is 0.323. The molecule has 0 N–H and O–H groups in total. The van der Waals surface area contributed by atoms with Gasteiger partial charge in [-0.3, -0.25) is 9.59 Å². The number of alkyl halides is 22. The Morgan fingerprint density at radius 1 is 0.306 bits per heavy atom. The summed E-state index contributed by atoms with van der Waals surface area (Å²) in [5.74, 6) is -47.7. The number of Topliss-reactive ketones (excluding diaryl/α,β-unsaturated/α-hetero) is 2. The van der Waals surface area contributed by atoms with Crippen molar-refractivity contribution in [1.29, 1.82) is 0 Å². The van der Waals surface area contributed by atoms with E-state index >= 15 is 0 Å². The Morgan fingerprint density at radius 2 is 0.444 bits per heavy atom. The van der Waals surface area contributed by atoms with Gasteiger partial charge < -0.3 is 0 Å². The van der Waals surface area contributed by atoms with Gasteiger partial charge >= 0.3 is 59.7 Å². The summed E-state index contributed by atoms with van der Waals surface area (Å²) in [6.45, 7) is 0. The molecule has 0 aromatic heterocycles. The molecule has 36 heavy (non-hydrogen) atoms. The maximum atomic E-state index is 13.4. The van der Waals surface area contributed by atoms with Gasteiger partial charge in [-0.2, -0.15) is 87.8 Å². The van der Waals surface area contributed by atoms with Gasteiger partial charge in [-0.15, -0.1) is 0 Å². The highest BCUT2D eigenvalue weighted by Gasteiger charge is 2.93. The number of halogens is 22. The molecule has 0 unspecified atom stereocenters. The Kier molecular flexibility index (Phi) is 7.65. The van der Waals surface area contributed by atoms with E-state index in [1.54, 1.807) is 0 Å². The van der Waals surface area contributed by atoms with Crippen LogP contribution < -0.4 is 0 Å². The lowest BCUT2D eigenvalue weighted by Gasteiger charge is -2.39. The van der Waals surface area contributed by atoms with Gasteiger partial charge in [-0.05, 0) is 0 Å². The van der Waals surface area contributed by atoms with E-state index in [4.69, 9.17) is 0 Å². The van der Waals surface area contributed by atoms with Crippen LogP contribution in [0.4, 0.5) is 96.6 Å². The number of rotatable bonds is 7. The van der Waals surface area contributed by atoms with Gasteiger partial charge in [-0.1, -0.05) is 0 Å². The first-order valence-electron chi connectivity index (χ1n) is 7.32. The summed E-state index contributed by atoms with van der Waals surface area (Å²) >= 11 is 0. The summed E-state index contributed by atoms with van der Waals surface area (Å²) in [7, 11) is 0. The van der Waals surface area contributed by atoms with Crippen LogP contribution in [-0.2, 0) is 9.59 Å². The van der Waals surface area contributed by atoms with Crippen LogP contribution in [0.15, 0.2) is 0 Å². The SMILES string of the molecule is O=C(C(F)(F)C(F)(F)C(F)(F)C(F)(F)C(=O)C(F)(C(F)(F)F)C(F)(F)F)C(F)(C(F)(F)F)C(F)(F)F. The van der Waals surface area contributed by atoms with Crippen LogP contribution in [0.5, 0.6) is 0 Å². The van der Waals surface area contributed by atoms with E-state index in [0.717, 1.165) is 0 Å². The highest BCUT2D eigenvalue weighted by atomic mass is 19.4. The molecule has 0 aliphatic carbocycles. The van der Waals surface area contributed by atoms with Crippen molar-refractivity contribution in [3.63, 3.8) is 0 Å². The molecule has 0 bridgehead atoms. The zero-order valence-corrected chi connectivity index (χ0v) is 15.1. The van der Waals surface area contributed by atoms with Crippen molar-refractivity contribution in [1.82, 2.24) is 0 Å². The van der Waals surface area contributed by atoms with Crippen LogP contribution in [0, 0.1) is 0 Å². The molecule has 0 radical (unpaired) electrons. The van der Waals surface area contributed by atoms with Crippen LogP contribution in [0.25, 0.3) is 0 Å². The van der Waals surface area contributed by atoms with Crippen LogP contribution in [0.1, 0.15) is 0 Å². The Bertz CT molecular complexity index is 765. The van der Waals surface area contributed by atoms with Crippen molar-refractivity contribution < 1.29 is 106 Å².